The summed E-state index contributed by atoms with van der Waals surface area (Å²) in [4.78, 5) is 8.71. The number of halogens is 1. The molecule has 1 atom stereocenters. The van der Waals surface area contributed by atoms with E-state index in [1.165, 1.54) is 0 Å². The van der Waals surface area contributed by atoms with Gasteiger partial charge >= 0.3 is 0 Å². The average molecular weight is 295 g/mol. The van der Waals surface area contributed by atoms with E-state index in [1.807, 2.05) is 34.6 Å². The molecule has 1 unspecified atom stereocenters. The molecule has 0 aliphatic rings. The van der Waals surface area contributed by atoms with Gasteiger partial charge in [0.1, 0.15) is 22.6 Å². The van der Waals surface area contributed by atoms with Crippen LogP contribution < -0.4 is 5.32 Å². The van der Waals surface area contributed by atoms with Gasteiger partial charge in [0.25, 0.3) is 0 Å². The molecule has 2 rings (SSSR count). The van der Waals surface area contributed by atoms with E-state index in [1.54, 1.807) is 6.07 Å². The molecule has 108 valence electrons. The van der Waals surface area contributed by atoms with Crippen LogP contribution in [0.25, 0.3) is 0 Å². The Hall–Kier alpha value is -1.62. The van der Waals surface area contributed by atoms with Crippen molar-refractivity contribution in [2.24, 2.45) is 0 Å². The van der Waals surface area contributed by atoms with Crippen LogP contribution in [0.3, 0.4) is 0 Å². The molecule has 0 saturated heterocycles. The Balaban J connectivity index is 2.26. The van der Waals surface area contributed by atoms with Gasteiger partial charge in [-0.25, -0.2) is 9.97 Å². The number of hydrogen-bond donors (Lipinski definition) is 1. The van der Waals surface area contributed by atoms with Crippen LogP contribution in [0, 0.1) is 13.8 Å². The van der Waals surface area contributed by atoms with Crippen LogP contribution in [0.1, 0.15) is 55.6 Å². The van der Waals surface area contributed by atoms with Crippen LogP contribution in [0.2, 0.25) is 5.15 Å². The first-order chi connectivity index (χ1) is 9.38. The molecule has 0 spiro atoms. The lowest BCUT2D eigenvalue weighted by molar-refractivity contribution is 0.392. The van der Waals surface area contributed by atoms with Crippen molar-refractivity contribution in [3.05, 3.63) is 34.1 Å². The number of nitrogens with one attached hydrogen (secondary N) is 1. The third kappa shape index (κ3) is 3.10. The van der Waals surface area contributed by atoms with Gasteiger partial charge in [-0.3, -0.25) is 0 Å². The summed E-state index contributed by atoms with van der Waals surface area (Å²) in [7, 11) is 0. The number of nitrogens with zero attached hydrogens (tertiary/aromatic N) is 3. The van der Waals surface area contributed by atoms with Crippen LogP contribution in [0.5, 0.6) is 0 Å². The Morgan fingerprint density at radius 1 is 1.20 bits per heavy atom. The number of rotatable bonds is 4. The van der Waals surface area contributed by atoms with E-state index in [0.717, 1.165) is 22.8 Å². The fraction of sp³-hybridized carbons (Fsp3) is 0.500. The Bertz CT molecular complexity index is 590. The molecule has 1 N–H and O–H groups in total. The van der Waals surface area contributed by atoms with E-state index in [9.17, 15) is 0 Å². The maximum atomic E-state index is 6.04. The highest BCUT2D eigenvalue weighted by Crippen LogP contribution is 2.25. The van der Waals surface area contributed by atoms with Crippen LogP contribution in [-0.4, -0.2) is 15.1 Å². The number of aryl methyl sites for hydroxylation is 2. The van der Waals surface area contributed by atoms with Crippen LogP contribution >= 0.6 is 11.6 Å². The smallest absolute Gasteiger partial charge is 0.139 e. The molecule has 2 heterocycles. The zero-order chi connectivity index (χ0) is 14.9. The third-order valence-corrected chi connectivity index (χ3v) is 3.31. The Kier molecular flexibility index (Phi) is 4.28. The predicted octanol–water partition coefficient (Wildman–Crippen LogP) is 4.03. The first-order valence-corrected chi connectivity index (χ1v) is 7.00. The highest BCUT2D eigenvalue weighted by Gasteiger charge is 2.17. The first kappa shape index (κ1) is 14.8. The minimum absolute atomic E-state index is 0.0345. The van der Waals surface area contributed by atoms with Crippen molar-refractivity contribution in [2.45, 2.75) is 46.6 Å². The van der Waals surface area contributed by atoms with Crippen molar-refractivity contribution in [3.63, 3.8) is 0 Å². The molecule has 5 nitrogen and oxygen atoms in total. The van der Waals surface area contributed by atoms with Crippen molar-refractivity contribution in [2.75, 3.05) is 5.32 Å². The van der Waals surface area contributed by atoms with Crippen molar-refractivity contribution < 1.29 is 4.52 Å². The second-order valence-electron chi connectivity index (χ2n) is 5.19. The summed E-state index contributed by atoms with van der Waals surface area (Å²) >= 11 is 6.04. The van der Waals surface area contributed by atoms with Gasteiger partial charge in [-0.15, -0.1) is 0 Å². The summed E-state index contributed by atoms with van der Waals surface area (Å²) in [5, 5.41) is 7.74. The van der Waals surface area contributed by atoms with E-state index in [0.29, 0.717) is 11.0 Å². The van der Waals surface area contributed by atoms with Gasteiger partial charge in [0.2, 0.25) is 0 Å². The van der Waals surface area contributed by atoms with Crippen LogP contribution in [0.4, 0.5) is 5.82 Å². The van der Waals surface area contributed by atoms with E-state index >= 15 is 0 Å². The summed E-state index contributed by atoms with van der Waals surface area (Å²) in [5.74, 6) is 2.47. The predicted molar refractivity (Wildman–Crippen MR) is 79.1 cm³/mol. The number of anilines is 1. The second-order valence-corrected chi connectivity index (χ2v) is 5.58. The normalized spacial score (nSPS) is 12.8. The minimum atomic E-state index is 0.0345. The summed E-state index contributed by atoms with van der Waals surface area (Å²) in [6, 6.07) is 1.76. The molecule has 2 aromatic rings. The van der Waals surface area contributed by atoms with Gasteiger partial charge in [-0.05, 0) is 20.8 Å². The monoisotopic (exact) mass is 294 g/mol. The van der Waals surface area contributed by atoms with Crippen molar-refractivity contribution in [1.29, 1.82) is 0 Å². The highest BCUT2D eigenvalue weighted by atomic mass is 35.5. The van der Waals surface area contributed by atoms with Gasteiger partial charge in [0.05, 0.1) is 11.7 Å². The molecular weight excluding hydrogens is 276 g/mol. The molecule has 0 aliphatic heterocycles. The van der Waals surface area contributed by atoms with Gasteiger partial charge in [-0.1, -0.05) is 30.6 Å². The van der Waals surface area contributed by atoms with Crippen LogP contribution in [-0.2, 0) is 0 Å². The minimum Gasteiger partial charge on any atom is -0.363 e. The molecule has 0 saturated carbocycles. The van der Waals surface area contributed by atoms with Gasteiger partial charge in [0, 0.05) is 17.5 Å². The van der Waals surface area contributed by atoms with Crippen molar-refractivity contribution in [3.8, 4) is 0 Å². The molecule has 0 aliphatic carbocycles. The summed E-state index contributed by atoms with van der Waals surface area (Å²) in [6.45, 7) is 9.94. The summed E-state index contributed by atoms with van der Waals surface area (Å²) < 4.78 is 5.19. The lowest BCUT2D eigenvalue weighted by Gasteiger charge is -2.15. The molecule has 0 radical (unpaired) electrons. The molecule has 6 heteroatoms. The largest absolute Gasteiger partial charge is 0.363 e. The molecule has 20 heavy (non-hydrogen) atoms. The molecule has 0 amide bonds. The maximum absolute atomic E-state index is 6.04. The molecular formula is C14H19ClN4O. The topological polar surface area (TPSA) is 63.8 Å². The standard InChI is InChI=1S/C14H19ClN4O/c1-7(2)14-17-11(15)6-12(18-14)16-8(3)13-9(4)19-20-10(13)5/h6-8H,1-5H3,(H,16,17,18). The second kappa shape index (κ2) is 5.79. The lowest BCUT2D eigenvalue weighted by Crippen LogP contribution is -2.11. The quantitative estimate of drug-likeness (QED) is 0.862. The van der Waals surface area contributed by atoms with Gasteiger partial charge in [-0.2, -0.15) is 0 Å². The van der Waals surface area contributed by atoms with E-state index in [-0.39, 0.29) is 12.0 Å². The SMILES string of the molecule is Cc1noc(C)c1C(C)Nc1cc(Cl)nc(C(C)C)n1. The summed E-state index contributed by atoms with van der Waals surface area (Å²) in [6.07, 6.45) is 0. The highest BCUT2D eigenvalue weighted by molar-refractivity contribution is 6.29. The van der Waals surface area contributed by atoms with Crippen molar-refractivity contribution >= 4 is 17.4 Å². The Morgan fingerprint density at radius 2 is 1.90 bits per heavy atom. The molecule has 0 bridgehead atoms. The van der Waals surface area contributed by atoms with E-state index < -0.39 is 0 Å². The zero-order valence-corrected chi connectivity index (χ0v) is 13.1. The first-order valence-electron chi connectivity index (χ1n) is 6.62. The average Bonchev–Trinajstić information content (AvgIpc) is 2.68. The van der Waals surface area contributed by atoms with Crippen molar-refractivity contribution in [1.82, 2.24) is 15.1 Å². The van der Waals surface area contributed by atoms with E-state index in [2.05, 4.69) is 20.4 Å². The van der Waals surface area contributed by atoms with Crippen LogP contribution in [0.15, 0.2) is 10.6 Å². The maximum Gasteiger partial charge on any atom is 0.139 e. The number of hydrogen-bond acceptors (Lipinski definition) is 5. The fourth-order valence-electron chi connectivity index (χ4n) is 2.17. The van der Waals surface area contributed by atoms with E-state index in [4.69, 9.17) is 16.1 Å². The zero-order valence-electron chi connectivity index (χ0n) is 12.4. The third-order valence-electron chi connectivity index (χ3n) is 3.11. The molecule has 2 aromatic heterocycles. The molecule has 0 fully saturated rings. The number of aromatic nitrogens is 3. The van der Waals surface area contributed by atoms with Gasteiger partial charge < -0.3 is 9.84 Å². The fourth-order valence-corrected chi connectivity index (χ4v) is 2.36. The summed E-state index contributed by atoms with van der Waals surface area (Å²) in [5.41, 5.74) is 1.93. The molecule has 0 aromatic carbocycles. The Labute approximate surface area is 123 Å². The lowest BCUT2D eigenvalue weighted by atomic mass is 10.1. The Morgan fingerprint density at radius 3 is 2.45 bits per heavy atom. The van der Waals surface area contributed by atoms with Gasteiger partial charge in [0.15, 0.2) is 0 Å².